The number of nitrogens with zero attached hydrogens (tertiary/aromatic N) is 2. The third-order valence-electron chi connectivity index (χ3n) is 3.69. The van der Waals surface area contributed by atoms with Crippen molar-refractivity contribution in [3.8, 4) is 11.6 Å². The van der Waals surface area contributed by atoms with E-state index in [0.29, 0.717) is 17.3 Å². The quantitative estimate of drug-likeness (QED) is 0.821. The third kappa shape index (κ3) is 3.90. The molecule has 2 amide bonds. The third-order valence-corrected chi connectivity index (χ3v) is 4.18. The van der Waals surface area contributed by atoms with E-state index in [1.165, 1.54) is 12.0 Å². The number of carbonyl (C=O) groups excluding carboxylic acids is 2. The van der Waals surface area contributed by atoms with Crippen molar-refractivity contribution in [3.63, 3.8) is 0 Å². The topological polar surface area (TPSA) is 80.8 Å². The molecule has 2 heterocycles. The lowest BCUT2D eigenvalue weighted by molar-refractivity contribution is -0.125. The summed E-state index contributed by atoms with van der Waals surface area (Å²) in [6.45, 7) is 0.0914. The first-order valence-electron chi connectivity index (χ1n) is 7.56. The molecule has 1 N–H and O–H groups in total. The fourth-order valence-electron chi connectivity index (χ4n) is 2.49. The number of halogens is 1. The van der Waals surface area contributed by atoms with Gasteiger partial charge in [0.15, 0.2) is 6.61 Å². The van der Waals surface area contributed by atoms with Crippen LogP contribution < -0.4 is 19.7 Å². The van der Waals surface area contributed by atoms with Crippen LogP contribution in [0.3, 0.4) is 0 Å². The summed E-state index contributed by atoms with van der Waals surface area (Å²) in [5, 5.41) is 2.78. The summed E-state index contributed by atoms with van der Waals surface area (Å²) >= 11 is 3.36. The SMILES string of the molecule is COc1ncccc1CNC(=O)CN1C(=O)COc2cc(Br)ccc21. The number of ether oxygens (including phenoxy) is 2. The molecule has 1 aromatic carbocycles. The number of fused-ring (bicyclic) bond motifs is 1. The molecule has 2 aromatic rings. The first kappa shape index (κ1) is 17.2. The zero-order valence-electron chi connectivity index (χ0n) is 13.5. The molecular weight excluding hydrogens is 390 g/mol. The zero-order valence-corrected chi connectivity index (χ0v) is 15.1. The Bertz CT molecular complexity index is 812. The summed E-state index contributed by atoms with van der Waals surface area (Å²) < 4.78 is 11.4. The number of hydrogen-bond acceptors (Lipinski definition) is 5. The molecule has 1 aliphatic rings. The minimum absolute atomic E-state index is 0.0839. The van der Waals surface area contributed by atoms with Crippen molar-refractivity contribution in [2.24, 2.45) is 0 Å². The first-order chi connectivity index (χ1) is 12.1. The van der Waals surface area contributed by atoms with Crippen LogP contribution in [0.2, 0.25) is 0 Å². The van der Waals surface area contributed by atoms with Crippen molar-refractivity contribution in [3.05, 3.63) is 46.6 Å². The Kier molecular flexibility index (Phi) is 5.18. The van der Waals surface area contributed by atoms with Crippen molar-refractivity contribution in [1.82, 2.24) is 10.3 Å². The smallest absolute Gasteiger partial charge is 0.265 e. The van der Waals surface area contributed by atoms with E-state index in [4.69, 9.17) is 9.47 Å². The molecule has 130 valence electrons. The zero-order chi connectivity index (χ0) is 17.8. The highest BCUT2D eigenvalue weighted by molar-refractivity contribution is 9.10. The molecule has 0 saturated carbocycles. The lowest BCUT2D eigenvalue weighted by atomic mass is 10.2. The van der Waals surface area contributed by atoms with Gasteiger partial charge in [0.2, 0.25) is 11.8 Å². The van der Waals surface area contributed by atoms with Gasteiger partial charge in [-0.15, -0.1) is 0 Å². The average molecular weight is 406 g/mol. The van der Waals surface area contributed by atoms with Gasteiger partial charge in [0.05, 0.1) is 12.8 Å². The van der Waals surface area contributed by atoms with Crippen molar-refractivity contribution < 1.29 is 19.1 Å². The molecule has 25 heavy (non-hydrogen) atoms. The van der Waals surface area contributed by atoms with Gasteiger partial charge in [0.25, 0.3) is 5.91 Å². The Morgan fingerprint density at radius 3 is 3.08 bits per heavy atom. The predicted molar refractivity (Wildman–Crippen MR) is 94.6 cm³/mol. The molecular formula is C17H16BrN3O4. The molecule has 0 bridgehead atoms. The van der Waals surface area contributed by atoms with Crippen molar-refractivity contribution in [1.29, 1.82) is 0 Å². The van der Waals surface area contributed by atoms with Crippen LogP contribution in [0.4, 0.5) is 5.69 Å². The van der Waals surface area contributed by atoms with E-state index in [-0.39, 0.29) is 31.5 Å². The van der Waals surface area contributed by atoms with Gasteiger partial charge in [-0.1, -0.05) is 22.0 Å². The molecule has 1 aromatic heterocycles. The van der Waals surface area contributed by atoms with E-state index in [0.717, 1.165) is 10.0 Å². The molecule has 3 rings (SSSR count). The van der Waals surface area contributed by atoms with Gasteiger partial charge < -0.3 is 14.8 Å². The van der Waals surface area contributed by atoms with Gasteiger partial charge in [0, 0.05) is 22.8 Å². The number of carbonyl (C=O) groups is 2. The van der Waals surface area contributed by atoms with E-state index in [1.807, 2.05) is 6.07 Å². The Hall–Kier alpha value is -2.61. The van der Waals surface area contributed by atoms with Crippen LogP contribution in [-0.2, 0) is 16.1 Å². The minimum atomic E-state index is -0.282. The van der Waals surface area contributed by atoms with Gasteiger partial charge in [-0.2, -0.15) is 0 Å². The summed E-state index contributed by atoms with van der Waals surface area (Å²) in [4.78, 5) is 29.9. The average Bonchev–Trinajstić information content (AvgIpc) is 2.62. The Morgan fingerprint density at radius 2 is 2.28 bits per heavy atom. The number of amides is 2. The molecule has 7 nitrogen and oxygen atoms in total. The van der Waals surface area contributed by atoms with E-state index in [2.05, 4.69) is 26.2 Å². The predicted octanol–water partition coefficient (Wildman–Crippen LogP) is 1.89. The standard InChI is InChI=1S/C17H16BrN3O4/c1-24-17-11(3-2-6-19-17)8-20-15(22)9-21-13-5-4-12(18)7-14(13)25-10-16(21)23/h2-7H,8-10H2,1H3,(H,20,22). The summed E-state index contributed by atoms with van der Waals surface area (Å²) in [5.74, 6) is 0.482. The molecule has 0 spiro atoms. The molecule has 0 saturated heterocycles. The largest absolute Gasteiger partial charge is 0.482 e. The van der Waals surface area contributed by atoms with Crippen molar-refractivity contribution in [2.75, 3.05) is 25.2 Å². The first-order valence-corrected chi connectivity index (χ1v) is 8.35. The van der Waals surface area contributed by atoms with Crippen molar-refractivity contribution in [2.45, 2.75) is 6.54 Å². The molecule has 0 fully saturated rings. The lowest BCUT2D eigenvalue weighted by Crippen LogP contribution is -2.45. The van der Waals surface area contributed by atoms with Crippen LogP contribution in [-0.4, -0.2) is 37.1 Å². The second kappa shape index (κ2) is 7.52. The van der Waals surface area contributed by atoms with Gasteiger partial charge in [-0.3, -0.25) is 14.5 Å². The number of methoxy groups -OCH3 is 1. The number of rotatable bonds is 5. The second-order valence-electron chi connectivity index (χ2n) is 5.33. The van der Waals surface area contributed by atoms with Crippen LogP contribution in [0, 0.1) is 0 Å². The molecule has 0 aliphatic carbocycles. The van der Waals surface area contributed by atoms with Gasteiger partial charge in [0.1, 0.15) is 12.3 Å². The maximum absolute atomic E-state index is 12.3. The summed E-state index contributed by atoms with van der Waals surface area (Å²) in [6, 6.07) is 8.90. The number of aromatic nitrogens is 1. The Morgan fingerprint density at radius 1 is 1.44 bits per heavy atom. The molecule has 8 heteroatoms. The highest BCUT2D eigenvalue weighted by Crippen LogP contribution is 2.34. The summed E-state index contributed by atoms with van der Waals surface area (Å²) in [5.41, 5.74) is 1.34. The van der Waals surface area contributed by atoms with Crippen LogP contribution in [0.1, 0.15) is 5.56 Å². The van der Waals surface area contributed by atoms with E-state index >= 15 is 0 Å². The number of benzene rings is 1. The number of hydrogen-bond donors (Lipinski definition) is 1. The van der Waals surface area contributed by atoms with E-state index in [1.54, 1.807) is 30.5 Å². The Balaban J connectivity index is 1.68. The van der Waals surface area contributed by atoms with Gasteiger partial charge in [-0.25, -0.2) is 4.98 Å². The molecule has 0 atom stereocenters. The molecule has 1 aliphatic heterocycles. The summed E-state index contributed by atoms with van der Waals surface area (Å²) in [7, 11) is 1.52. The normalized spacial score (nSPS) is 13.0. The maximum atomic E-state index is 12.3. The number of nitrogens with one attached hydrogen (secondary N) is 1. The maximum Gasteiger partial charge on any atom is 0.265 e. The highest BCUT2D eigenvalue weighted by Gasteiger charge is 2.27. The fourth-order valence-corrected chi connectivity index (χ4v) is 2.83. The van der Waals surface area contributed by atoms with E-state index < -0.39 is 0 Å². The highest BCUT2D eigenvalue weighted by atomic mass is 79.9. The lowest BCUT2D eigenvalue weighted by Gasteiger charge is -2.29. The van der Waals surface area contributed by atoms with Crippen molar-refractivity contribution >= 4 is 33.4 Å². The number of anilines is 1. The van der Waals surface area contributed by atoms with Crippen LogP contribution in [0.5, 0.6) is 11.6 Å². The number of pyridine rings is 1. The van der Waals surface area contributed by atoms with Crippen LogP contribution in [0.25, 0.3) is 0 Å². The van der Waals surface area contributed by atoms with Gasteiger partial charge in [-0.05, 0) is 24.3 Å². The van der Waals surface area contributed by atoms with Gasteiger partial charge >= 0.3 is 0 Å². The second-order valence-corrected chi connectivity index (χ2v) is 6.24. The fraction of sp³-hybridized carbons (Fsp3) is 0.235. The van der Waals surface area contributed by atoms with E-state index in [9.17, 15) is 9.59 Å². The minimum Gasteiger partial charge on any atom is -0.482 e. The molecule has 0 unspecified atom stereocenters. The monoisotopic (exact) mass is 405 g/mol. The Labute approximate surface area is 153 Å². The molecule has 0 radical (unpaired) electrons. The van der Waals surface area contributed by atoms with Crippen LogP contribution in [0.15, 0.2) is 41.0 Å². The summed E-state index contributed by atoms with van der Waals surface area (Å²) in [6.07, 6.45) is 1.62. The van der Waals surface area contributed by atoms with Crippen LogP contribution >= 0.6 is 15.9 Å².